The molecule has 4 aromatic rings. The Morgan fingerprint density at radius 2 is 1.87 bits per heavy atom. The molecule has 1 aliphatic heterocycles. The second kappa shape index (κ2) is 7.07. The van der Waals surface area contributed by atoms with E-state index in [-0.39, 0.29) is 11.1 Å². The lowest BCUT2D eigenvalue weighted by Crippen LogP contribution is -2.20. The molecule has 30 heavy (non-hydrogen) atoms. The second-order valence-electron chi connectivity index (χ2n) is 7.32. The molecule has 6 heteroatoms. The summed E-state index contributed by atoms with van der Waals surface area (Å²) >= 11 is 1.55. The lowest BCUT2D eigenvalue weighted by Gasteiger charge is -2.05. The van der Waals surface area contributed by atoms with Crippen molar-refractivity contribution in [3.05, 3.63) is 86.8 Å². The van der Waals surface area contributed by atoms with Crippen LogP contribution in [-0.4, -0.2) is 20.6 Å². The zero-order valence-electron chi connectivity index (χ0n) is 16.3. The minimum Gasteiger partial charge on any atom is -0.478 e. The molecule has 0 aliphatic carbocycles. The van der Waals surface area contributed by atoms with Gasteiger partial charge in [0.15, 0.2) is 0 Å². The fourth-order valence-electron chi connectivity index (χ4n) is 4.00. The van der Waals surface area contributed by atoms with E-state index in [9.17, 15) is 9.59 Å². The fraction of sp³-hybridized carbons (Fsp3) is 0.125. The average molecular weight is 414 g/mol. The van der Waals surface area contributed by atoms with Crippen molar-refractivity contribution in [2.24, 2.45) is 0 Å². The molecule has 1 N–H and O–H groups in total. The fourth-order valence-corrected chi connectivity index (χ4v) is 5.04. The third-order valence-corrected chi connectivity index (χ3v) is 6.44. The van der Waals surface area contributed by atoms with Gasteiger partial charge in [0.25, 0.3) is 5.56 Å². The third kappa shape index (κ3) is 2.97. The summed E-state index contributed by atoms with van der Waals surface area (Å²) in [4.78, 5) is 31.1. The van der Waals surface area contributed by atoms with Crippen LogP contribution in [0.2, 0.25) is 0 Å². The van der Waals surface area contributed by atoms with Crippen molar-refractivity contribution in [1.82, 2.24) is 9.55 Å². The van der Waals surface area contributed by atoms with Crippen molar-refractivity contribution in [2.75, 3.05) is 0 Å². The maximum atomic E-state index is 13.4. The van der Waals surface area contributed by atoms with Crippen molar-refractivity contribution in [2.45, 2.75) is 19.9 Å². The minimum atomic E-state index is -0.946. The number of carboxylic acid groups (broad SMARTS) is 1. The van der Waals surface area contributed by atoms with E-state index >= 15 is 0 Å². The highest BCUT2D eigenvalue weighted by molar-refractivity contribution is 7.19. The van der Waals surface area contributed by atoms with Gasteiger partial charge in [-0.2, -0.15) is 0 Å². The average Bonchev–Trinajstić information content (AvgIpc) is 3.30. The van der Waals surface area contributed by atoms with E-state index in [4.69, 9.17) is 10.1 Å². The molecule has 148 valence electrons. The lowest BCUT2D eigenvalue weighted by molar-refractivity contribution is 0.0697. The Kier molecular flexibility index (Phi) is 4.37. The monoisotopic (exact) mass is 414 g/mol. The molecule has 0 spiro atoms. The van der Waals surface area contributed by atoms with Crippen LogP contribution in [0.3, 0.4) is 0 Å². The summed E-state index contributed by atoms with van der Waals surface area (Å²) in [6, 6.07) is 16.7. The van der Waals surface area contributed by atoms with Crippen molar-refractivity contribution in [3.8, 4) is 11.1 Å². The number of hydrogen-bond donors (Lipinski definition) is 1. The zero-order valence-corrected chi connectivity index (χ0v) is 17.1. The molecule has 0 saturated carbocycles. The van der Waals surface area contributed by atoms with Gasteiger partial charge in [-0.05, 0) is 48.3 Å². The van der Waals surface area contributed by atoms with E-state index in [1.54, 1.807) is 40.2 Å². The van der Waals surface area contributed by atoms with Crippen LogP contribution in [0, 0.1) is 6.92 Å². The number of thiophene rings is 1. The molecule has 1 aliphatic rings. The molecule has 3 heterocycles. The number of rotatable bonds is 3. The Balaban J connectivity index is 1.64. The van der Waals surface area contributed by atoms with Gasteiger partial charge in [-0.3, -0.25) is 9.36 Å². The molecule has 2 aromatic carbocycles. The molecule has 2 aromatic heterocycles. The molecular formula is C24H18N2O3S. The van der Waals surface area contributed by atoms with Gasteiger partial charge in [0.05, 0.1) is 10.9 Å². The van der Waals surface area contributed by atoms with Crippen molar-refractivity contribution in [3.63, 3.8) is 0 Å². The second-order valence-corrected chi connectivity index (χ2v) is 8.52. The molecular weight excluding hydrogens is 396 g/mol. The maximum Gasteiger partial charge on any atom is 0.335 e. The first-order chi connectivity index (χ1) is 14.5. The van der Waals surface area contributed by atoms with Gasteiger partial charge in [-0.1, -0.05) is 42.5 Å². The Morgan fingerprint density at radius 1 is 1.13 bits per heavy atom. The lowest BCUT2D eigenvalue weighted by atomic mass is 10.0. The number of allylic oxidation sites excluding steroid dienone is 1. The molecule has 0 radical (unpaired) electrons. The van der Waals surface area contributed by atoms with E-state index in [1.807, 2.05) is 43.3 Å². The summed E-state index contributed by atoms with van der Waals surface area (Å²) in [6.07, 6.45) is 2.71. The van der Waals surface area contributed by atoms with E-state index in [1.165, 1.54) is 0 Å². The molecule has 0 fully saturated rings. The Hall–Kier alpha value is -3.51. The van der Waals surface area contributed by atoms with Gasteiger partial charge < -0.3 is 5.11 Å². The molecule has 0 atom stereocenters. The van der Waals surface area contributed by atoms with Crippen LogP contribution >= 0.6 is 11.3 Å². The number of aromatic nitrogens is 2. The first kappa shape index (κ1) is 18.5. The maximum absolute atomic E-state index is 13.4. The Bertz CT molecular complexity index is 1380. The number of nitrogens with zero attached hydrogens (tertiary/aromatic N) is 2. The zero-order chi connectivity index (χ0) is 20.8. The van der Waals surface area contributed by atoms with Crippen LogP contribution in [0.4, 0.5) is 0 Å². The highest BCUT2D eigenvalue weighted by atomic mass is 32.1. The molecule has 0 bridgehead atoms. The van der Waals surface area contributed by atoms with Gasteiger partial charge >= 0.3 is 5.97 Å². The first-order valence-corrected chi connectivity index (χ1v) is 10.5. The summed E-state index contributed by atoms with van der Waals surface area (Å²) in [5.41, 5.74) is 4.15. The van der Waals surface area contributed by atoms with Crippen LogP contribution in [0.5, 0.6) is 0 Å². The number of carbonyl (C=O) groups is 1. The molecule has 5 rings (SSSR count). The van der Waals surface area contributed by atoms with Gasteiger partial charge in [-0.15, -0.1) is 11.3 Å². The standard InChI is InChI=1S/C24H18N2O3S/c1-14-19(16-5-3-2-4-6-16)20-22(30-14)25-21-18(11-12-26(21)23(20)27)13-15-7-9-17(10-8-15)24(28)29/h2-10,13H,11-12H2,1H3,(H,28,29)/b18-13-. The van der Waals surface area contributed by atoms with E-state index in [0.717, 1.165) is 38.4 Å². The predicted octanol–water partition coefficient (Wildman–Crippen LogP) is 5.08. The van der Waals surface area contributed by atoms with Crippen molar-refractivity contribution >= 4 is 39.2 Å². The van der Waals surface area contributed by atoms with Gasteiger partial charge in [0, 0.05) is 17.0 Å². The van der Waals surface area contributed by atoms with Gasteiger partial charge in [-0.25, -0.2) is 9.78 Å². The molecule has 0 amide bonds. The molecule has 0 unspecified atom stereocenters. The molecule has 0 saturated heterocycles. The van der Waals surface area contributed by atoms with Crippen molar-refractivity contribution in [1.29, 1.82) is 0 Å². The van der Waals surface area contributed by atoms with Crippen LogP contribution in [0.15, 0.2) is 59.4 Å². The van der Waals surface area contributed by atoms with E-state index in [0.29, 0.717) is 17.8 Å². The van der Waals surface area contributed by atoms with Crippen LogP contribution in [-0.2, 0) is 6.54 Å². The third-order valence-electron chi connectivity index (χ3n) is 5.44. The predicted molar refractivity (Wildman–Crippen MR) is 120 cm³/mol. The number of benzene rings is 2. The van der Waals surface area contributed by atoms with E-state index < -0.39 is 5.97 Å². The minimum absolute atomic E-state index is 0.00262. The number of fused-ring (bicyclic) bond motifs is 2. The van der Waals surface area contributed by atoms with Crippen molar-refractivity contribution < 1.29 is 9.90 Å². The summed E-state index contributed by atoms with van der Waals surface area (Å²) in [5.74, 6) is -0.242. The normalized spacial score (nSPS) is 14.4. The van der Waals surface area contributed by atoms with Crippen LogP contribution in [0.25, 0.3) is 33.0 Å². The summed E-state index contributed by atoms with van der Waals surface area (Å²) < 4.78 is 1.76. The van der Waals surface area contributed by atoms with Gasteiger partial charge in [0.1, 0.15) is 10.7 Å². The van der Waals surface area contributed by atoms with Crippen LogP contribution < -0.4 is 5.56 Å². The summed E-state index contributed by atoms with van der Waals surface area (Å²) in [5, 5.41) is 9.76. The first-order valence-electron chi connectivity index (χ1n) is 9.66. The van der Waals surface area contributed by atoms with Gasteiger partial charge in [0.2, 0.25) is 0 Å². The van der Waals surface area contributed by atoms with E-state index in [2.05, 4.69) is 0 Å². The SMILES string of the molecule is Cc1sc2nc3n(c(=O)c2c1-c1ccccc1)CC/C3=C/c1ccc(C(=O)O)cc1. The summed E-state index contributed by atoms with van der Waals surface area (Å²) in [6.45, 7) is 2.63. The Morgan fingerprint density at radius 3 is 2.57 bits per heavy atom. The topological polar surface area (TPSA) is 72.2 Å². The summed E-state index contributed by atoms with van der Waals surface area (Å²) in [7, 11) is 0. The number of aryl methyl sites for hydroxylation is 1. The quantitative estimate of drug-likeness (QED) is 0.508. The number of carboxylic acids is 1. The smallest absolute Gasteiger partial charge is 0.335 e. The Labute approximate surface area is 176 Å². The highest BCUT2D eigenvalue weighted by Crippen LogP contribution is 2.37. The number of aromatic carboxylic acids is 1. The number of hydrogen-bond acceptors (Lipinski definition) is 4. The molecule has 5 nitrogen and oxygen atoms in total. The largest absolute Gasteiger partial charge is 0.478 e. The van der Waals surface area contributed by atoms with Crippen LogP contribution in [0.1, 0.15) is 33.0 Å². The highest BCUT2D eigenvalue weighted by Gasteiger charge is 2.24.